The zero-order valence-corrected chi connectivity index (χ0v) is 14.7. The lowest BCUT2D eigenvalue weighted by atomic mass is 10.1. The van der Waals surface area contributed by atoms with E-state index in [0.717, 1.165) is 0 Å². The third-order valence-electron chi connectivity index (χ3n) is 2.10. The third kappa shape index (κ3) is 9.55. The molecule has 10 heteroatoms. The van der Waals surface area contributed by atoms with E-state index in [4.69, 9.17) is 10.8 Å². The zero-order chi connectivity index (χ0) is 17.1. The molecular weight excluding hydrogens is 362 g/mol. The van der Waals surface area contributed by atoms with Gasteiger partial charge in [0.2, 0.25) is 5.91 Å². The Hall–Kier alpha value is -1.36. The molecule has 1 amide bonds. The summed E-state index contributed by atoms with van der Waals surface area (Å²) in [5, 5.41) is 14.3. The quantitative estimate of drug-likeness (QED) is 0.259. The summed E-state index contributed by atoms with van der Waals surface area (Å²) in [6.07, 6.45) is 0. The van der Waals surface area contributed by atoms with Crippen LogP contribution < -0.4 is 16.4 Å². The number of carboxylic acids is 1. The summed E-state index contributed by atoms with van der Waals surface area (Å²) >= 11 is 17.0. The molecule has 0 aliphatic heterocycles. The van der Waals surface area contributed by atoms with Crippen molar-refractivity contribution in [3.8, 4) is 0 Å². The van der Waals surface area contributed by atoms with Gasteiger partial charge in [-0.25, -0.2) is 4.79 Å². The Labute approximate surface area is 149 Å². The average Bonchev–Trinajstić information content (AvgIpc) is 2.44. The monoisotopic (exact) mass is 377 g/mol. The van der Waals surface area contributed by atoms with Crippen molar-refractivity contribution >= 4 is 70.2 Å². The van der Waals surface area contributed by atoms with E-state index in [1.807, 2.05) is 0 Å². The highest BCUT2D eigenvalue weighted by Gasteiger charge is 2.11. The van der Waals surface area contributed by atoms with E-state index in [1.54, 1.807) is 6.07 Å². The van der Waals surface area contributed by atoms with Gasteiger partial charge in [0.25, 0.3) is 0 Å². The molecule has 22 heavy (non-hydrogen) atoms. The summed E-state index contributed by atoms with van der Waals surface area (Å²) in [6, 6.07) is 5.82. The van der Waals surface area contributed by atoms with E-state index in [2.05, 4.69) is 60.3 Å². The Kier molecular flexibility index (Phi) is 10.5. The second-order valence-corrected chi connectivity index (χ2v) is 5.99. The molecule has 0 aromatic heterocycles. The lowest BCUT2D eigenvalue weighted by molar-refractivity contribution is 0.0692. The summed E-state index contributed by atoms with van der Waals surface area (Å²) in [7, 11) is 0. The van der Waals surface area contributed by atoms with E-state index in [0.29, 0.717) is 21.7 Å². The summed E-state index contributed by atoms with van der Waals surface area (Å²) in [6.45, 7) is 1.42. The number of nitrogens with one attached hydrogen (secondary N) is 2. The minimum Gasteiger partial charge on any atom is -0.478 e. The molecule has 0 aliphatic rings. The second-order valence-electron chi connectivity index (χ2n) is 3.68. The van der Waals surface area contributed by atoms with Crippen LogP contribution in [0.2, 0.25) is 0 Å². The number of nitrogens with two attached hydrogens (primary N) is 1. The topological polar surface area (TPSA) is 104 Å². The molecule has 1 aromatic carbocycles. The van der Waals surface area contributed by atoms with E-state index in [1.165, 1.54) is 18.2 Å². The van der Waals surface area contributed by atoms with Crippen molar-refractivity contribution in [3.05, 3.63) is 35.4 Å². The number of hydrogen-bond acceptors (Lipinski definition) is 4. The number of hydrogen-bond donors (Lipinski definition) is 6. The normalized spacial score (nSPS) is 9.00. The molecule has 120 valence electrons. The number of rotatable bonds is 5. The molecule has 1 rings (SSSR count). The predicted molar refractivity (Wildman–Crippen MR) is 101 cm³/mol. The fraction of sp³-hybridized carbons (Fsp3) is 0.167. The first-order valence-electron chi connectivity index (χ1n) is 5.81. The van der Waals surface area contributed by atoms with Gasteiger partial charge in [-0.05, 0) is 12.1 Å². The van der Waals surface area contributed by atoms with E-state index >= 15 is 0 Å². The maximum absolute atomic E-state index is 10.7. The average molecular weight is 378 g/mol. The van der Waals surface area contributed by atoms with Crippen molar-refractivity contribution in [2.24, 2.45) is 5.73 Å². The number of thiocarbonyl (C=S) groups is 2. The highest BCUT2D eigenvalue weighted by molar-refractivity contribution is 8.11. The van der Waals surface area contributed by atoms with Crippen molar-refractivity contribution in [1.82, 2.24) is 10.6 Å². The largest absolute Gasteiger partial charge is 0.478 e. The SMILES string of the molecule is NC(=O)c1ccccc1C(=O)O.S=C(S)NCCNC(=S)S. The first-order chi connectivity index (χ1) is 10.3. The third-order valence-corrected chi connectivity index (χ3v) is 2.71. The van der Waals surface area contributed by atoms with Crippen LogP contribution in [-0.2, 0) is 0 Å². The van der Waals surface area contributed by atoms with Gasteiger partial charge in [0, 0.05) is 13.1 Å². The van der Waals surface area contributed by atoms with Crippen molar-refractivity contribution < 1.29 is 14.7 Å². The van der Waals surface area contributed by atoms with Crippen molar-refractivity contribution in [2.45, 2.75) is 0 Å². The maximum atomic E-state index is 10.7. The van der Waals surface area contributed by atoms with Gasteiger partial charge in [0.15, 0.2) is 0 Å². The number of aromatic carboxylic acids is 1. The first kappa shape index (κ1) is 20.6. The van der Waals surface area contributed by atoms with Gasteiger partial charge < -0.3 is 21.5 Å². The summed E-state index contributed by atoms with van der Waals surface area (Å²) < 4.78 is 0.985. The summed E-state index contributed by atoms with van der Waals surface area (Å²) in [4.78, 5) is 21.2. The lowest BCUT2D eigenvalue weighted by Gasteiger charge is -2.03. The molecular formula is C12H15N3O3S4. The Morgan fingerprint density at radius 2 is 1.45 bits per heavy atom. The highest BCUT2D eigenvalue weighted by atomic mass is 32.1. The Morgan fingerprint density at radius 3 is 1.73 bits per heavy atom. The Balaban J connectivity index is 0.000000409. The van der Waals surface area contributed by atoms with E-state index in [-0.39, 0.29) is 11.1 Å². The minimum absolute atomic E-state index is 0.0324. The number of thiol groups is 2. The van der Waals surface area contributed by atoms with Crippen LogP contribution in [0.5, 0.6) is 0 Å². The lowest BCUT2D eigenvalue weighted by Crippen LogP contribution is -2.29. The van der Waals surface area contributed by atoms with E-state index in [9.17, 15) is 9.59 Å². The van der Waals surface area contributed by atoms with Crippen LogP contribution in [0, 0.1) is 0 Å². The standard InChI is InChI=1S/C8H7NO3.C4H8N2S4/c9-7(10)5-3-1-2-4-6(5)8(11)12;7-3(8)5-1-2-6-4(9)10/h1-4H,(H2,9,10)(H,11,12);1-2H2,(H2,5,7,8)(H2,6,9,10). The fourth-order valence-corrected chi connectivity index (χ4v) is 1.65. The molecule has 0 saturated carbocycles. The number of carbonyl (C=O) groups excluding carboxylic acids is 1. The smallest absolute Gasteiger partial charge is 0.336 e. The second kappa shape index (κ2) is 11.2. The van der Waals surface area contributed by atoms with Gasteiger partial charge in [0.1, 0.15) is 8.64 Å². The summed E-state index contributed by atoms with van der Waals surface area (Å²) in [5.74, 6) is -1.88. The molecule has 0 saturated heterocycles. The van der Waals surface area contributed by atoms with Crippen molar-refractivity contribution in [3.63, 3.8) is 0 Å². The van der Waals surface area contributed by atoms with Crippen LogP contribution in [0.4, 0.5) is 0 Å². The van der Waals surface area contributed by atoms with Gasteiger partial charge in [0.05, 0.1) is 11.1 Å². The molecule has 0 atom stereocenters. The highest BCUT2D eigenvalue weighted by Crippen LogP contribution is 2.07. The maximum Gasteiger partial charge on any atom is 0.336 e. The number of primary amides is 1. The van der Waals surface area contributed by atoms with Crippen LogP contribution in [0.15, 0.2) is 24.3 Å². The Morgan fingerprint density at radius 1 is 1.05 bits per heavy atom. The zero-order valence-electron chi connectivity index (χ0n) is 11.3. The molecule has 6 nitrogen and oxygen atoms in total. The minimum atomic E-state index is -1.15. The van der Waals surface area contributed by atoms with Crippen LogP contribution in [0.1, 0.15) is 20.7 Å². The van der Waals surface area contributed by atoms with Gasteiger partial charge >= 0.3 is 5.97 Å². The molecule has 0 heterocycles. The molecule has 5 N–H and O–H groups in total. The number of benzene rings is 1. The first-order valence-corrected chi connectivity index (χ1v) is 7.52. The fourth-order valence-electron chi connectivity index (χ4n) is 1.22. The van der Waals surface area contributed by atoms with Gasteiger partial charge in [-0.1, -0.05) is 36.6 Å². The molecule has 0 unspecified atom stereocenters. The molecule has 0 spiro atoms. The number of carboxylic acid groups (broad SMARTS) is 1. The predicted octanol–water partition coefficient (Wildman–Crippen LogP) is 1.08. The molecule has 0 fully saturated rings. The number of carbonyl (C=O) groups is 2. The molecule has 0 bridgehead atoms. The van der Waals surface area contributed by atoms with Crippen LogP contribution >= 0.6 is 49.7 Å². The van der Waals surface area contributed by atoms with Gasteiger partial charge in [-0.15, -0.1) is 25.3 Å². The van der Waals surface area contributed by atoms with Crippen LogP contribution in [0.25, 0.3) is 0 Å². The molecule has 0 aliphatic carbocycles. The van der Waals surface area contributed by atoms with Crippen molar-refractivity contribution in [1.29, 1.82) is 0 Å². The molecule has 0 radical (unpaired) electrons. The Bertz CT molecular complexity index is 517. The summed E-state index contributed by atoms with van der Waals surface area (Å²) in [5.41, 5.74) is 4.92. The van der Waals surface area contributed by atoms with Gasteiger partial charge in [-0.2, -0.15) is 0 Å². The van der Waals surface area contributed by atoms with E-state index < -0.39 is 11.9 Å². The van der Waals surface area contributed by atoms with Crippen LogP contribution in [-0.4, -0.2) is 38.7 Å². The van der Waals surface area contributed by atoms with Gasteiger partial charge in [-0.3, -0.25) is 4.79 Å². The molecule has 1 aromatic rings. The van der Waals surface area contributed by atoms with Crippen molar-refractivity contribution in [2.75, 3.05) is 13.1 Å². The number of amides is 1. The van der Waals surface area contributed by atoms with Crippen LogP contribution in [0.3, 0.4) is 0 Å².